The van der Waals surface area contributed by atoms with Gasteiger partial charge >= 0.3 is 6.03 Å². The van der Waals surface area contributed by atoms with Crippen molar-refractivity contribution in [2.24, 2.45) is 0 Å². The van der Waals surface area contributed by atoms with E-state index in [0.29, 0.717) is 49.0 Å². The molecule has 12 nitrogen and oxygen atoms in total. The smallest absolute Gasteiger partial charge is 0.319 e. The van der Waals surface area contributed by atoms with Crippen LogP contribution in [0.25, 0.3) is 11.2 Å². The van der Waals surface area contributed by atoms with Gasteiger partial charge in [0, 0.05) is 25.2 Å². The molecule has 5 rings (SSSR count). The van der Waals surface area contributed by atoms with Crippen molar-refractivity contribution in [3.8, 4) is 0 Å². The Labute approximate surface area is 240 Å². The third kappa shape index (κ3) is 7.70. The summed E-state index contributed by atoms with van der Waals surface area (Å²) in [6.45, 7) is 5.02. The van der Waals surface area contributed by atoms with Gasteiger partial charge in [0.15, 0.2) is 23.5 Å². The third-order valence-electron chi connectivity index (χ3n) is 7.68. The molecule has 2 fully saturated rings. The molecule has 3 heterocycles. The number of benzene rings is 1. The number of carbonyl (C=O) groups excluding carboxylic acids is 1. The molecule has 12 heteroatoms. The summed E-state index contributed by atoms with van der Waals surface area (Å²) >= 11 is 0. The zero-order chi connectivity index (χ0) is 28.8. The number of fused-ring (bicyclic) bond motifs is 1. The van der Waals surface area contributed by atoms with Crippen LogP contribution >= 0.6 is 0 Å². The largest absolute Gasteiger partial charge is 0.382 e. The summed E-state index contributed by atoms with van der Waals surface area (Å²) in [5.41, 5.74) is 9.16. The van der Waals surface area contributed by atoms with Gasteiger partial charge in [0.25, 0.3) is 0 Å². The molecule has 41 heavy (non-hydrogen) atoms. The van der Waals surface area contributed by atoms with Crippen LogP contribution in [0, 0.1) is 0 Å². The quantitative estimate of drug-likeness (QED) is 0.172. The average molecular weight is 567 g/mol. The molecule has 3 aromatic rings. The number of urea groups is 1. The number of nitrogens with zero attached hydrogens (tertiary/aromatic N) is 4. The second-order valence-corrected chi connectivity index (χ2v) is 11.5. The second-order valence-electron chi connectivity index (χ2n) is 11.5. The van der Waals surface area contributed by atoms with Crippen LogP contribution in [-0.2, 0) is 9.47 Å². The van der Waals surface area contributed by atoms with Crippen molar-refractivity contribution in [2.45, 2.75) is 88.9 Å². The molecule has 3 atom stereocenters. The van der Waals surface area contributed by atoms with Gasteiger partial charge in [-0.2, -0.15) is 0 Å². The summed E-state index contributed by atoms with van der Waals surface area (Å²) in [4.78, 5) is 25.0. The SMILES string of the molecule is CC(C)(O)OC1CC(CNCCCNC(=O)Nc2ccc(C3CCCCC3)cc2)OC1n1cnc2c(N)ncnc21. The van der Waals surface area contributed by atoms with Crippen LogP contribution in [0.2, 0.25) is 0 Å². The number of imidazole rings is 1. The Balaban J connectivity index is 1.04. The highest BCUT2D eigenvalue weighted by Crippen LogP contribution is 2.35. The molecule has 2 aromatic heterocycles. The molecule has 0 spiro atoms. The lowest BCUT2D eigenvalue weighted by Gasteiger charge is -2.27. The van der Waals surface area contributed by atoms with Gasteiger partial charge in [-0.1, -0.05) is 31.4 Å². The van der Waals surface area contributed by atoms with Gasteiger partial charge in [-0.15, -0.1) is 0 Å². The number of anilines is 2. The lowest BCUT2D eigenvalue weighted by molar-refractivity contribution is -0.222. The van der Waals surface area contributed by atoms with Crippen molar-refractivity contribution < 1.29 is 19.4 Å². The monoisotopic (exact) mass is 566 g/mol. The van der Waals surface area contributed by atoms with Gasteiger partial charge in [-0.3, -0.25) is 4.57 Å². The van der Waals surface area contributed by atoms with E-state index in [-0.39, 0.29) is 12.1 Å². The number of aromatic nitrogens is 4. The van der Waals surface area contributed by atoms with Crippen LogP contribution in [-0.4, -0.2) is 68.3 Å². The molecule has 3 unspecified atom stereocenters. The maximum atomic E-state index is 12.3. The topological polar surface area (TPSA) is 161 Å². The predicted molar refractivity (Wildman–Crippen MR) is 156 cm³/mol. The first-order valence-electron chi connectivity index (χ1n) is 14.6. The van der Waals surface area contributed by atoms with Gasteiger partial charge in [-0.05, 0) is 63.3 Å². The van der Waals surface area contributed by atoms with Crippen molar-refractivity contribution in [1.29, 1.82) is 0 Å². The molecule has 6 N–H and O–H groups in total. The third-order valence-corrected chi connectivity index (χ3v) is 7.68. The van der Waals surface area contributed by atoms with Crippen molar-refractivity contribution in [1.82, 2.24) is 30.2 Å². The fourth-order valence-electron chi connectivity index (χ4n) is 5.75. The first-order chi connectivity index (χ1) is 19.8. The molecule has 1 saturated carbocycles. The van der Waals surface area contributed by atoms with Crippen molar-refractivity contribution in [2.75, 3.05) is 30.7 Å². The lowest BCUT2D eigenvalue weighted by atomic mass is 9.84. The Morgan fingerprint density at radius 3 is 2.68 bits per heavy atom. The molecule has 1 aliphatic carbocycles. The van der Waals surface area contributed by atoms with E-state index in [1.54, 1.807) is 24.7 Å². The van der Waals surface area contributed by atoms with Gasteiger partial charge in [-0.25, -0.2) is 19.7 Å². The zero-order valence-electron chi connectivity index (χ0n) is 23.9. The fraction of sp³-hybridized carbons (Fsp3) is 0.586. The minimum absolute atomic E-state index is 0.156. The van der Waals surface area contributed by atoms with E-state index in [1.807, 2.05) is 12.1 Å². The first kappa shape index (κ1) is 29.2. The Morgan fingerprint density at radius 1 is 1.15 bits per heavy atom. The van der Waals surface area contributed by atoms with Gasteiger partial charge in [0.1, 0.15) is 17.9 Å². The highest BCUT2D eigenvalue weighted by Gasteiger charge is 2.40. The number of carbonyl (C=O) groups is 1. The highest BCUT2D eigenvalue weighted by atomic mass is 16.7. The molecule has 0 radical (unpaired) electrons. The molecule has 222 valence electrons. The summed E-state index contributed by atoms with van der Waals surface area (Å²) in [7, 11) is 0. The Morgan fingerprint density at radius 2 is 1.93 bits per heavy atom. The Kier molecular flexibility index (Phi) is 9.33. The summed E-state index contributed by atoms with van der Waals surface area (Å²) in [5.74, 6) is -0.387. The molecular formula is C29H42N8O4. The molecular weight excluding hydrogens is 524 g/mol. The standard InChI is InChI=1S/C29H42N8O4/c1-29(2,39)41-23-15-22(40-27(23)37-18-35-24-25(30)33-17-34-26(24)37)16-31-13-6-14-32-28(38)36-21-11-9-20(10-12-21)19-7-4-3-5-8-19/h9-12,17-19,22-23,27,31,39H,3-8,13-16H2,1-2H3,(H2,30,33,34)(H2,32,36,38). The van der Waals surface area contributed by atoms with E-state index in [2.05, 4.69) is 43.0 Å². The molecule has 1 saturated heterocycles. The highest BCUT2D eigenvalue weighted by molar-refractivity contribution is 5.89. The normalized spacial score (nSPS) is 21.8. The van der Waals surface area contributed by atoms with Crippen LogP contribution in [0.4, 0.5) is 16.3 Å². The number of nitrogens with two attached hydrogens (primary N) is 1. The van der Waals surface area contributed by atoms with Crippen LogP contribution in [0.1, 0.15) is 76.5 Å². The van der Waals surface area contributed by atoms with Crippen molar-refractivity contribution in [3.05, 3.63) is 42.5 Å². The average Bonchev–Trinajstić information content (AvgIpc) is 3.55. The number of ether oxygens (including phenoxy) is 2. The molecule has 1 aliphatic heterocycles. The summed E-state index contributed by atoms with van der Waals surface area (Å²) < 4.78 is 14.0. The molecule has 2 aliphatic rings. The second kappa shape index (κ2) is 13.1. The molecule has 0 bridgehead atoms. The van der Waals surface area contributed by atoms with E-state index < -0.39 is 18.1 Å². The maximum absolute atomic E-state index is 12.3. The maximum Gasteiger partial charge on any atom is 0.319 e. The summed E-state index contributed by atoms with van der Waals surface area (Å²) in [6, 6.07) is 8.05. The van der Waals surface area contributed by atoms with Crippen LogP contribution in [0.5, 0.6) is 0 Å². The lowest BCUT2D eigenvalue weighted by Crippen LogP contribution is -2.34. The summed E-state index contributed by atoms with van der Waals surface area (Å²) in [5, 5.41) is 19.5. The molecule has 2 amide bonds. The number of rotatable bonds is 11. The van der Waals surface area contributed by atoms with Crippen LogP contribution in [0.15, 0.2) is 36.9 Å². The number of hydrogen-bond acceptors (Lipinski definition) is 9. The Bertz CT molecular complexity index is 1290. The fourth-order valence-corrected chi connectivity index (χ4v) is 5.75. The van der Waals surface area contributed by atoms with E-state index in [9.17, 15) is 9.90 Å². The van der Waals surface area contributed by atoms with E-state index in [1.165, 1.54) is 44.0 Å². The van der Waals surface area contributed by atoms with Gasteiger partial charge < -0.3 is 36.3 Å². The van der Waals surface area contributed by atoms with Gasteiger partial charge in [0.05, 0.1) is 12.4 Å². The van der Waals surface area contributed by atoms with E-state index >= 15 is 0 Å². The minimum atomic E-state index is -1.33. The number of hydrogen-bond donors (Lipinski definition) is 5. The van der Waals surface area contributed by atoms with Crippen LogP contribution in [0.3, 0.4) is 0 Å². The van der Waals surface area contributed by atoms with E-state index in [4.69, 9.17) is 15.2 Å². The number of aliphatic hydroxyl groups is 1. The first-order valence-corrected chi connectivity index (χ1v) is 14.6. The number of amides is 2. The summed E-state index contributed by atoms with van der Waals surface area (Å²) in [6.07, 6.45) is 9.70. The number of nitrogens with one attached hydrogen (secondary N) is 3. The predicted octanol–water partition coefficient (Wildman–Crippen LogP) is 3.66. The van der Waals surface area contributed by atoms with Crippen molar-refractivity contribution in [3.63, 3.8) is 0 Å². The van der Waals surface area contributed by atoms with Crippen molar-refractivity contribution >= 4 is 28.7 Å². The van der Waals surface area contributed by atoms with Gasteiger partial charge in [0.2, 0.25) is 0 Å². The number of nitrogen functional groups attached to an aromatic ring is 1. The minimum Gasteiger partial charge on any atom is -0.382 e. The van der Waals surface area contributed by atoms with E-state index in [0.717, 1.165) is 12.1 Å². The molecule has 1 aromatic carbocycles. The van der Waals surface area contributed by atoms with Crippen LogP contribution < -0.4 is 21.7 Å². The Hall–Kier alpha value is -3.32. The zero-order valence-corrected chi connectivity index (χ0v) is 23.9.